The third kappa shape index (κ3) is 3.67. The minimum Gasteiger partial charge on any atom is -0.362 e. The van der Waals surface area contributed by atoms with Gasteiger partial charge < -0.3 is 19.7 Å². The van der Waals surface area contributed by atoms with Crippen LogP contribution in [0.2, 0.25) is 0 Å². The summed E-state index contributed by atoms with van der Waals surface area (Å²) in [4.78, 5) is 14.8. The van der Waals surface area contributed by atoms with Gasteiger partial charge in [0.05, 0.1) is 19.8 Å². The third-order valence-electron chi connectivity index (χ3n) is 5.71. The Kier molecular flexibility index (Phi) is 4.69. The molecule has 1 amide bonds. The number of fused-ring (bicyclic) bond motifs is 1. The Hall–Kier alpha value is -1.59. The van der Waals surface area contributed by atoms with Crippen molar-refractivity contribution in [3.8, 4) is 0 Å². The highest BCUT2D eigenvalue weighted by Gasteiger charge is 2.40. The standard InChI is InChI=1S/C20H28N2O3/c1-15-4-5-18-16(13-15)3-2-10-22(18)14-19(23)21-17-6-8-20(9-7-17)24-11-12-25-20/h4-5,13,17H,2-3,6-12,14H2,1H3,(H,21,23). The van der Waals surface area contributed by atoms with E-state index in [4.69, 9.17) is 9.47 Å². The fourth-order valence-corrected chi connectivity index (χ4v) is 4.40. The molecular formula is C20H28N2O3. The first kappa shape index (κ1) is 16.9. The Bertz CT molecular complexity index is 630. The second kappa shape index (κ2) is 6.96. The molecule has 0 atom stereocenters. The zero-order chi connectivity index (χ0) is 17.3. The number of hydrogen-bond donors (Lipinski definition) is 1. The van der Waals surface area contributed by atoms with Gasteiger partial charge in [-0.05, 0) is 44.2 Å². The van der Waals surface area contributed by atoms with E-state index >= 15 is 0 Å². The fraction of sp³-hybridized carbons (Fsp3) is 0.650. The molecule has 0 aromatic heterocycles. The molecule has 3 aliphatic rings. The van der Waals surface area contributed by atoms with Crippen LogP contribution >= 0.6 is 0 Å². The molecule has 5 nitrogen and oxygen atoms in total. The van der Waals surface area contributed by atoms with E-state index in [1.807, 2.05) is 0 Å². The van der Waals surface area contributed by atoms with Crippen molar-refractivity contribution in [1.29, 1.82) is 0 Å². The van der Waals surface area contributed by atoms with E-state index in [-0.39, 0.29) is 17.7 Å². The van der Waals surface area contributed by atoms with Gasteiger partial charge in [-0.15, -0.1) is 0 Å². The molecule has 2 heterocycles. The van der Waals surface area contributed by atoms with Crippen molar-refractivity contribution in [3.05, 3.63) is 29.3 Å². The number of rotatable bonds is 3. The Labute approximate surface area is 149 Å². The Morgan fingerprint density at radius 1 is 1.28 bits per heavy atom. The van der Waals surface area contributed by atoms with Gasteiger partial charge in [-0.2, -0.15) is 0 Å². The number of benzene rings is 1. The maximum absolute atomic E-state index is 12.6. The SMILES string of the molecule is Cc1ccc2c(c1)CCCN2CC(=O)NC1CCC2(CC1)OCCO2. The summed E-state index contributed by atoms with van der Waals surface area (Å²) in [5.41, 5.74) is 3.88. The molecule has 4 rings (SSSR count). The summed E-state index contributed by atoms with van der Waals surface area (Å²) < 4.78 is 11.5. The minimum absolute atomic E-state index is 0.127. The van der Waals surface area contributed by atoms with Gasteiger partial charge in [0.2, 0.25) is 5.91 Å². The highest BCUT2D eigenvalue weighted by atomic mass is 16.7. The Morgan fingerprint density at radius 3 is 2.80 bits per heavy atom. The van der Waals surface area contributed by atoms with Crippen molar-refractivity contribution in [2.45, 2.75) is 57.3 Å². The van der Waals surface area contributed by atoms with Crippen LogP contribution in [0.3, 0.4) is 0 Å². The smallest absolute Gasteiger partial charge is 0.239 e. The Morgan fingerprint density at radius 2 is 2.04 bits per heavy atom. The van der Waals surface area contributed by atoms with Gasteiger partial charge >= 0.3 is 0 Å². The van der Waals surface area contributed by atoms with Crippen LogP contribution in [-0.4, -0.2) is 44.0 Å². The van der Waals surface area contributed by atoms with Crippen LogP contribution in [0.5, 0.6) is 0 Å². The van der Waals surface area contributed by atoms with Gasteiger partial charge in [0.25, 0.3) is 0 Å². The number of amides is 1. The van der Waals surface area contributed by atoms with E-state index in [1.165, 1.54) is 16.8 Å². The van der Waals surface area contributed by atoms with E-state index < -0.39 is 0 Å². The third-order valence-corrected chi connectivity index (χ3v) is 5.71. The number of aryl methyl sites for hydroxylation is 2. The first-order valence-corrected chi connectivity index (χ1v) is 9.55. The average Bonchev–Trinajstić information content (AvgIpc) is 3.05. The van der Waals surface area contributed by atoms with Crippen LogP contribution in [-0.2, 0) is 20.7 Å². The van der Waals surface area contributed by atoms with Crippen molar-refractivity contribution in [1.82, 2.24) is 5.32 Å². The molecule has 1 aromatic carbocycles. The first-order valence-electron chi connectivity index (χ1n) is 9.55. The molecule has 1 saturated heterocycles. The predicted octanol–water partition coefficient (Wildman–Crippen LogP) is 2.55. The normalized spacial score (nSPS) is 22.8. The van der Waals surface area contributed by atoms with Crippen molar-refractivity contribution >= 4 is 11.6 Å². The van der Waals surface area contributed by atoms with Crippen LogP contribution in [0.15, 0.2) is 18.2 Å². The fourth-order valence-electron chi connectivity index (χ4n) is 4.40. The van der Waals surface area contributed by atoms with E-state index in [0.717, 1.165) is 45.1 Å². The van der Waals surface area contributed by atoms with Gasteiger partial charge in [0.15, 0.2) is 5.79 Å². The maximum atomic E-state index is 12.6. The van der Waals surface area contributed by atoms with E-state index in [2.05, 4.69) is 35.3 Å². The van der Waals surface area contributed by atoms with Gasteiger partial charge in [0, 0.05) is 31.1 Å². The van der Waals surface area contributed by atoms with Crippen LogP contribution in [0.25, 0.3) is 0 Å². The monoisotopic (exact) mass is 344 g/mol. The molecule has 1 spiro atoms. The number of hydrogen-bond acceptors (Lipinski definition) is 4. The quantitative estimate of drug-likeness (QED) is 0.916. The molecule has 0 unspecified atom stereocenters. The summed E-state index contributed by atoms with van der Waals surface area (Å²) >= 11 is 0. The number of carbonyl (C=O) groups excluding carboxylic acids is 1. The van der Waals surface area contributed by atoms with Crippen molar-refractivity contribution in [2.75, 3.05) is 31.2 Å². The zero-order valence-corrected chi connectivity index (χ0v) is 15.1. The van der Waals surface area contributed by atoms with Crippen LogP contribution in [0, 0.1) is 6.92 Å². The molecule has 0 radical (unpaired) electrons. The number of carbonyl (C=O) groups is 1. The van der Waals surface area contributed by atoms with Crippen molar-refractivity contribution in [2.24, 2.45) is 0 Å². The molecule has 1 N–H and O–H groups in total. The van der Waals surface area contributed by atoms with Gasteiger partial charge in [-0.25, -0.2) is 0 Å². The minimum atomic E-state index is -0.356. The van der Waals surface area contributed by atoms with E-state index in [1.54, 1.807) is 0 Å². The van der Waals surface area contributed by atoms with Gasteiger partial charge in [-0.1, -0.05) is 17.7 Å². The number of nitrogens with one attached hydrogen (secondary N) is 1. The molecule has 1 saturated carbocycles. The lowest BCUT2D eigenvalue weighted by molar-refractivity contribution is -0.180. The molecule has 136 valence electrons. The number of ether oxygens (including phenoxy) is 2. The molecule has 1 aliphatic carbocycles. The molecular weight excluding hydrogens is 316 g/mol. The summed E-state index contributed by atoms with van der Waals surface area (Å²) in [6.45, 7) is 4.93. The molecule has 25 heavy (non-hydrogen) atoms. The van der Waals surface area contributed by atoms with Crippen molar-refractivity contribution < 1.29 is 14.3 Å². The van der Waals surface area contributed by atoms with Gasteiger partial charge in [-0.3, -0.25) is 4.79 Å². The summed E-state index contributed by atoms with van der Waals surface area (Å²) in [5.74, 6) is -0.229. The van der Waals surface area contributed by atoms with Crippen LogP contribution in [0.1, 0.15) is 43.2 Å². The second-order valence-corrected chi connectivity index (χ2v) is 7.61. The van der Waals surface area contributed by atoms with Crippen LogP contribution in [0.4, 0.5) is 5.69 Å². The lowest BCUT2D eigenvalue weighted by Gasteiger charge is -2.36. The Balaban J connectivity index is 1.31. The lowest BCUT2D eigenvalue weighted by atomic mass is 9.90. The van der Waals surface area contributed by atoms with Crippen LogP contribution < -0.4 is 10.2 Å². The molecule has 1 aromatic rings. The lowest BCUT2D eigenvalue weighted by Crippen LogP contribution is -2.47. The average molecular weight is 344 g/mol. The van der Waals surface area contributed by atoms with Gasteiger partial charge in [0.1, 0.15) is 0 Å². The largest absolute Gasteiger partial charge is 0.362 e. The summed E-state index contributed by atoms with van der Waals surface area (Å²) in [5, 5.41) is 3.22. The summed E-state index contributed by atoms with van der Waals surface area (Å²) in [6, 6.07) is 6.79. The van der Waals surface area contributed by atoms with E-state index in [9.17, 15) is 4.79 Å². The highest BCUT2D eigenvalue weighted by Crippen LogP contribution is 2.35. The second-order valence-electron chi connectivity index (χ2n) is 7.61. The maximum Gasteiger partial charge on any atom is 0.239 e. The number of nitrogens with zero attached hydrogens (tertiary/aromatic N) is 1. The highest BCUT2D eigenvalue weighted by molar-refractivity contribution is 5.82. The molecule has 5 heteroatoms. The van der Waals surface area contributed by atoms with E-state index in [0.29, 0.717) is 19.8 Å². The topological polar surface area (TPSA) is 50.8 Å². The zero-order valence-electron chi connectivity index (χ0n) is 15.1. The first-order chi connectivity index (χ1) is 12.1. The summed E-state index contributed by atoms with van der Waals surface area (Å²) in [6.07, 6.45) is 5.85. The molecule has 2 fully saturated rings. The molecule has 2 aliphatic heterocycles. The predicted molar refractivity (Wildman–Crippen MR) is 96.7 cm³/mol. The number of anilines is 1. The van der Waals surface area contributed by atoms with Crippen molar-refractivity contribution in [3.63, 3.8) is 0 Å². The summed E-state index contributed by atoms with van der Waals surface area (Å²) in [7, 11) is 0. The molecule has 0 bridgehead atoms.